The van der Waals surface area contributed by atoms with Crippen LogP contribution in [0.4, 0.5) is 0 Å². The maximum absolute atomic E-state index is 12.4. The van der Waals surface area contributed by atoms with Gasteiger partial charge < -0.3 is 14.6 Å². The predicted octanol–water partition coefficient (Wildman–Crippen LogP) is 29.8. The highest BCUT2D eigenvalue weighted by Gasteiger charge is 2.16. The van der Waals surface area contributed by atoms with E-state index in [2.05, 4.69) is 62.5 Å². The molecule has 1 N–H and O–H groups in total. The SMILES string of the molecule is CCCCCCC/C=C\C/C=C\C/C=C\CCCCCCCCCCCCCCCCCCCCCCCCCCC(=O)OC(CO)COC(=O)CCCCCCCCCCCCCCCCCCCCCCCCCCCCC/C=C\CCCCCCCCCC. The molecule has 92 heavy (non-hydrogen) atoms. The number of ether oxygens (including phenoxy) is 2. The minimum atomic E-state index is -0.770. The number of hydrogen-bond acceptors (Lipinski definition) is 5. The van der Waals surface area contributed by atoms with Crippen LogP contribution >= 0.6 is 0 Å². The summed E-state index contributed by atoms with van der Waals surface area (Å²) >= 11 is 0. The van der Waals surface area contributed by atoms with E-state index < -0.39 is 6.10 Å². The lowest BCUT2D eigenvalue weighted by atomic mass is 10.0. The first-order valence-electron chi connectivity index (χ1n) is 42.2. The molecule has 0 bridgehead atoms. The molecule has 5 nitrogen and oxygen atoms in total. The molecule has 0 radical (unpaired) electrons. The number of aliphatic hydroxyl groups excluding tert-OH is 1. The van der Waals surface area contributed by atoms with Crippen LogP contribution in [-0.4, -0.2) is 36.4 Å². The van der Waals surface area contributed by atoms with Gasteiger partial charge in [-0.25, -0.2) is 0 Å². The zero-order valence-corrected chi connectivity index (χ0v) is 62.6. The van der Waals surface area contributed by atoms with Crippen LogP contribution in [0.2, 0.25) is 0 Å². The lowest BCUT2D eigenvalue weighted by Gasteiger charge is -2.15. The van der Waals surface area contributed by atoms with E-state index >= 15 is 0 Å². The van der Waals surface area contributed by atoms with Gasteiger partial charge in [0.15, 0.2) is 6.10 Å². The topological polar surface area (TPSA) is 72.8 Å². The molecule has 0 heterocycles. The molecule has 0 aliphatic heterocycles. The fourth-order valence-corrected chi connectivity index (χ4v) is 13.3. The molecule has 0 spiro atoms. The smallest absolute Gasteiger partial charge is 0.306 e. The lowest BCUT2D eigenvalue weighted by molar-refractivity contribution is -0.161. The van der Waals surface area contributed by atoms with Crippen LogP contribution in [-0.2, 0) is 19.1 Å². The monoisotopic (exact) mass is 1290 g/mol. The van der Waals surface area contributed by atoms with Crippen LogP contribution < -0.4 is 0 Å². The van der Waals surface area contributed by atoms with Gasteiger partial charge in [0.1, 0.15) is 6.61 Å². The molecular formula is C87H164O5. The minimum Gasteiger partial charge on any atom is -0.462 e. The molecule has 5 heteroatoms. The zero-order valence-electron chi connectivity index (χ0n) is 62.6. The Morgan fingerprint density at radius 3 is 0.663 bits per heavy atom. The second-order valence-electron chi connectivity index (χ2n) is 28.9. The van der Waals surface area contributed by atoms with E-state index in [9.17, 15) is 14.7 Å². The highest BCUT2D eigenvalue weighted by atomic mass is 16.6. The summed E-state index contributed by atoms with van der Waals surface area (Å²) in [7, 11) is 0. The first-order valence-corrected chi connectivity index (χ1v) is 42.2. The highest BCUT2D eigenvalue weighted by molar-refractivity contribution is 5.70. The van der Waals surface area contributed by atoms with Crippen LogP contribution in [0.1, 0.15) is 476 Å². The predicted molar refractivity (Wildman–Crippen MR) is 408 cm³/mol. The van der Waals surface area contributed by atoms with Crippen molar-refractivity contribution in [2.45, 2.75) is 482 Å². The molecule has 0 saturated carbocycles. The second kappa shape index (κ2) is 83.1. The molecule has 542 valence electrons. The summed E-state index contributed by atoms with van der Waals surface area (Å²) in [6.45, 7) is 4.20. The molecule has 0 saturated heterocycles. The Labute approximate surface area is 577 Å². The first kappa shape index (κ1) is 89.9. The number of hydrogen-bond donors (Lipinski definition) is 1. The molecule has 0 aliphatic carbocycles. The summed E-state index contributed by atoms with van der Waals surface area (Å²) in [5.41, 5.74) is 0. The molecule has 0 aromatic carbocycles. The van der Waals surface area contributed by atoms with Gasteiger partial charge in [0.25, 0.3) is 0 Å². The van der Waals surface area contributed by atoms with Gasteiger partial charge in [-0.1, -0.05) is 435 Å². The lowest BCUT2D eigenvalue weighted by Crippen LogP contribution is -2.28. The Hall–Kier alpha value is -2.14. The van der Waals surface area contributed by atoms with Gasteiger partial charge in [-0.3, -0.25) is 9.59 Å². The van der Waals surface area contributed by atoms with Gasteiger partial charge in [-0.2, -0.15) is 0 Å². The third-order valence-electron chi connectivity index (χ3n) is 19.6. The molecule has 0 rings (SSSR count). The van der Waals surface area contributed by atoms with E-state index in [1.165, 1.54) is 405 Å². The number of unbranched alkanes of at least 4 members (excludes halogenated alkanes) is 64. The van der Waals surface area contributed by atoms with Gasteiger partial charge in [-0.05, 0) is 77.0 Å². The third kappa shape index (κ3) is 80.3. The van der Waals surface area contributed by atoms with Crippen molar-refractivity contribution in [3.05, 3.63) is 48.6 Å². The summed E-state index contributed by atoms with van der Waals surface area (Å²) < 4.78 is 10.8. The van der Waals surface area contributed by atoms with Gasteiger partial charge >= 0.3 is 11.9 Å². The molecule has 1 unspecified atom stereocenters. The van der Waals surface area contributed by atoms with Crippen LogP contribution in [0.3, 0.4) is 0 Å². The van der Waals surface area contributed by atoms with Crippen molar-refractivity contribution >= 4 is 11.9 Å². The fourth-order valence-electron chi connectivity index (χ4n) is 13.3. The highest BCUT2D eigenvalue weighted by Crippen LogP contribution is 2.20. The maximum atomic E-state index is 12.4. The largest absolute Gasteiger partial charge is 0.462 e. The Balaban J connectivity index is 3.35. The van der Waals surface area contributed by atoms with Gasteiger partial charge in [0.2, 0.25) is 0 Å². The van der Waals surface area contributed by atoms with Crippen molar-refractivity contribution < 1.29 is 24.2 Å². The van der Waals surface area contributed by atoms with Gasteiger partial charge in [-0.15, -0.1) is 0 Å². The van der Waals surface area contributed by atoms with Crippen molar-refractivity contribution in [3.8, 4) is 0 Å². The van der Waals surface area contributed by atoms with Crippen molar-refractivity contribution in [2.24, 2.45) is 0 Å². The summed E-state index contributed by atoms with van der Waals surface area (Å²) in [6, 6.07) is 0. The van der Waals surface area contributed by atoms with E-state index in [0.717, 1.165) is 44.9 Å². The molecule has 0 aliphatic rings. The molecule has 0 amide bonds. The van der Waals surface area contributed by atoms with E-state index in [-0.39, 0.29) is 25.2 Å². The van der Waals surface area contributed by atoms with Crippen LogP contribution in [0.5, 0.6) is 0 Å². The van der Waals surface area contributed by atoms with Crippen LogP contribution in [0.25, 0.3) is 0 Å². The quantitative estimate of drug-likeness (QED) is 0.0373. The number of rotatable bonds is 80. The van der Waals surface area contributed by atoms with E-state index in [0.29, 0.717) is 12.8 Å². The molecule has 0 aromatic heterocycles. The third-order valence-corrected chi connectivity index (χ3v) is 19.6. The van der Waals surface area contributed by atoms with Crippen molar-refractivity contribution in [2.75, 3.05) is 13.2 Å². The average Bonchev–Trinajstić information content (AvgIpc) is 3.75. The van der Waals surface area contributed by atoms with E-state index in [1.54, 1.807) is 0 Å². The summed E-state index contributed by atoms with van der Waals surface area (Å²) in [5.74, 6) is -0.561. The van der Waals surface area contributed by atoms with E-state index in [1.807, 2.05) is 0 Å². The molecule has 1 atom stereocenters. The molecule has 0 aromatic rings. The van der Waals surface area contributed by atoms with Gasteiger partial charge in [0.05, 0.1) is 6.61 Å². The number of carbonyl (C=O) groups is 2. The molecular weight excluding hydrogens is 1120 g/mol. The molecule has 0 fully saturated rings. The second-order valence-corrected chi connectivity index (χ2v) is 28.9. The van der Waals surface area contributed by atoms with Crippen molar-refractivity contribution in [1.82, 2.24) is 0 Å². The zero-order chi connectivity index (χ0) is 66.1. The normalized spacial score (nSPS) is 12.3. The Bertz CT molecular complexity index is 1510. The summed E-state index contributed by atoms with van der Waals surface area (Å²) in [5, 5.41) is 9.74. The summed E-state index contributed by atoms with van der Waals surface area (Å²) in [4.78, 5) is 24.7. The number of carbonyl (C=O) groups excluding carboxylic acids is 2. The average molecular weight is 1290 g/mol. The van der Waals surface area contributed by atoms with Crippen LogP contribution in [0, 0.1) is 0 Å². The minimum absolute atomic E-state index is 0.0584. The van der Waals surface area contributed by atoms with E-state index in [4.69, 9.17) is 9.47 Å². The van der Waals surface area contributed by atoms with Crippen molar-refractivity contribution in [3.63, 3.8) is 0 Å². The maximum Gasteiger partial charge on any atom is 0.306 e. The fraction of sp³-hybridized carbons (Fsp3) is 0.885. The Morgan fingerprint density at radius 2 is 0.435 bits per heavy atom. The summed E-state index contributed by atoms with van der Waals surface area (Å²) in [6.07, 6.45) is 114. The Kier molecular flexibility index (Phi) is 81.2. The number of aliphatic hydroxyl groups is 1. The Morgan fingerprint density at radius 1 is 0.250 bits per heavy atom. The van der Waals surface area contributed by atoms with Gasteiger partial charge in [0, 0.05) is 12.8 Å². The standard InChI is InChI=1S/C87H164O5/c1-3-5-7-9-11-13-15-17-19-21-23-25-27-29-31-33-35-37-39-41-43-45-47-49-51-53-55-57-59-61-63-65-67-69-71-73-75-77-79-81-86(89)91-84-85(83-88)92-87(90)82-80-78-76-74-72-70-68-66-64-62-60-58-56-54-52-50-48-46-44-42-40-38-36-34-32-30-28-26-24-22-20-18-16-14-12-10-8-6-4-2/h16,18,21-24,28,30,85,88H,3-15,17,19-20,25-27,29,31-84H2,1-2H3/b18-16-,23-21-,24-22-,30-28-. The van der Waals surface area contributed by atoms with Crippen LogP contribution in [0.15, 0.2) is 48.6 Å². The first-order chi connectivity index (χ1) is 45.6. The number of esters is 2. The van der Waals surface area contributed by atoms with Crippen molar-refractivity contribution in [1.29, 1.82) is 0 Å². The number of allylic oxidation sites excluding steroid dienone is 8.